The molecule has 0 saturated heterocycles. The van der Waals surface area contributed by atoms with Crippen molar-refractivity contribution in [2.75, 3.05) is 0 Å². The summed E-state index contributed by atoms with van der Waals surface area (Å²) in [5.74, 6) is 0. The molecule has 1 heterocycles. The van der Waals surface area contributed by atoms with Crippen LogP contribution in [0.2, 0.25) is 10.3 Å². The Hall–Kier alpha value is -2.29. The van der Waals surface area contributed by atoms with Crippen molar-refractivity contribution in [1.29, 1.82) is 0 Å². The third kappa shape index (κ3) is 3.41. The van der Waals surface area contributed by atoms with Gasteiger partial charge in [0.2, 0.25) is 6.33 Å². The molecule has 4 rings (SSSR count). The Morgan fingerprint density at radius 1 is 0.760 bits per heavy atom. The first-order chi connectivity index (χ1) is 12.2. The van der Waals surface area contributed by atoms with E-state index in [0.29, 0.717) is 23.4 Å². The quantitative estimate of drug-likeness (QED) is 0.431. The zero-order chi connectivity index (χ0) is 17.2. The van der Waals surface area contributed by atoms with Crippen molar-refractivity contribution in [2.24, 2.45) is 0 Å². The lowest BCUT2D eigenvalue weighted by atomic mass is 10.1. The lowest BCUT2D eigenvalue weighted by Crippen LogP contribution is -2.33. The number of imidazole rings is 1. The molecule has 0 saturated carbocycles. The van der Waals surface area contributed by atoms with E-state index in [2.05, 4.69) is 54.6 Å². The Kier molecular flexibility index (Phi) is 4.48. The van der Waals surface area contributed by atoms with Gasteiger partial charge in [0.25, 0.3) is 10.3 Å². The van der Waals surface area contributed by atoms with Crippen LogP contribution in [0.25, 0.3) is 10.8 Å². The lowest BCUT2D eigenvalue weighted by Gasteiger charge is -2.02. The summed E-state index contributed by atoms with van der Waals surface area (Å²) in [5.41, 5.74) is 2.38. The van der Waals surface area contributed by atoms with Crippen LogP contribution >= 0.6 is 23.2 Å². The van der Waals surface area contributed by atoms with Crippen LogP contribution in [-0.4, -0.2) is 4.57 Å². The van der Waals surface area contributed by atoms with Gasteiger partial charge in [-0.15, -0.1) is 0 Å². The Balaban J connectivity index is 1.62. The molecular weight excluding hydrogens is 351 g/mol. The molecule has 4 heteroatoms. The molecule has 0 unspecified atom stereocenters. The van der Waals surface area contributed by atoms with E-state index in [0.717, 1.165) is 0 Å². The maximum absolute atomic E-state index is 6.46. The standard InChI is InChI=1S/C21H17Cl2N2/c22-20-21(23)25(15-24(20)13-16-6-2-1-3-7-16)14-17-10-11-18-8-4-5-9-19(18)12-17/h1-12,15H,13-14H2/q+1. The minimum Gasteiger partial charge on any atom is -0.215 e. The van der Waals surface area contributed by atoms with Gasteiger partial charge in [0, 0.05) is 0 Å². The number of hydrogen-bond donors (Lipinski definition) is 0. The van der Waals surface area contributed by atoms with E-state index in [-0.39, 0.29) is 0 Å². The van der Waals surface area contributed by atoms with Crippen molar-refractivity contribution in [3.05, 3.63) is 101 Å². The molecule has 0 aliphatic heterocycles. The highest BCUT2D eigenvalue weighted by Crippen LogP contribution is 2.21. The SMILES string of the molecule is Clc1c(Cl)[n+](Cc2ccc3ccccc3c2)cn1Cc1ccccc1. The molecule has 3 aromatic carbocycles. The lowest BCUT2D eigenvalue weighted by molar-refractivity contribution is -0.685. The second-order valence-electron chi connectivity index (χ2n) is 6.12. The molecule has 0 atom stereocenters. The Bertz CT molecular complexity index is 1020. The van der Waals surface area contributed by atoms with Gasteiger partial charge in [-0.3, -0.25) is 0 Å². The topological polar surface area (TPSA) is 8.81 Å². The molecule has 0 spiro atoms. The van der Waals surface area contributed by atoms with Gasteiger partial charge in [-0.2, -0.15) is 0 Å². The van der Waals surface area contributed by atoms with Gasteiger partial charge in [0.1, 0.15) is 13.1 Å². The molecule has 2 nitrogen and oxygen atoms in total. The summed E-state index contributed by atoms with van der Waals surface area (Å²) in [6.45, 7) is 1.38. The van der Waals surface area contributed by atoms with E-state index in [9.17, 15) is 0 Å². The predicted molar refractivity (Wildman–Crippen MR) is 103 cm³/mol. The molecule has 0 bridgehead atoms. The fourth-order valence-corrected chi connectivity index (χ4v) is 3.46. The summed E-state index contributed by atoms with van der Waals surface area (Å²) in [6, 6.07) is 25.0. The maximum Gasteiger partial charge on any atom is 0.255 e. The van der Waals surface area contributed by atoms with Gasteiger partial charge in [-0.1, -0.05) is 66.7 Å². The molecule has 0 amide bonds. The summed E-state index contributed by atoms with van der Waals surface area (Å²) in [5, 5.41) is 3.59. The second kappa shape index (κ2) is 6.91. The van der Waals surface area contributed by atoms with E-state index >= 15 is 0 Å². The van der Waals surface area contributed by atoms with Crippen LogP contribution in [0.3, 0.4) is 0 Å². The van der Waals surface area contributed by atoms with Crippen LogP contribution in [0.5, 0.6) is 0 Å². The smallest absolute Gasteiger partial charge is 0.215 e. The zero-order valence-electron chi connectivity index (χ0n) is 13.6. The molecular formula is C21H17Cl2N2+. The largest absolute Gasteiger partial charge is 0.255 e. The van der Waals surface area contributed by atoms with Crippen LogP contribution in [0.15, 0.2) is 79.1 Å². The van der Waals surface area contributed by atoms with Gasteiger partial charge < -0.3 is 0 Å². The fraction of sp³-hybridized carbons (Fsp3) is 0.0952. The van der Waals surface area contributed by atoms with E-state index in [1.807, 2.05) is 33.7 Å². The first-order valence-corrected chi connectivity index (χ1v) is 8.91. The van der Waals surface area contributed by atoms with Crippen LogP contribution in [0.1, 0.15) is 11.1 Å². The van der Waals surface area contributed by atoms with Crippen molar-refractivity contribution in [2.45, 2.75) is 13.1 Å². The minimum atomic E-state index is 0.561. The number of halogens is 2. The average molecular weight is 368 g/mol. The highest BCUT2D eigenvalue weighted by molar-refractivity contribution is 6.39. The predicted octanol–water partition coefficient (Wildman–Crippen LogP) is 5.33. The van der Waals surface area contributed by atoms with Gasteiger partial charge >= 0.3 is 0 Å². The molecule has 0 N–H and O–H groups in total. The van der Waals surface area contributed by atoms with Crippen LogP contribution in [0.4, 0.5) is 0 Å². The molecule has 25 heavy (non-hydrogen) atoms. The van der Waals surface area contributed by atoms with E-state index in [1.54, 1.807) is 0 Å². The number of aromatic nitrogens is 2. The summed E-state index contributed by atoms with van der Waals surface area (Å²) >= 11 is 12.9. The van der Waals surface area contributed by atoms with Crippen molar-refractivity contribution < 1.29 is 4.57 Å². The van der Waals surface area contributed by atoms with Crippen LogP contribution in [-0.2, 0) is 13.1 Å². The second-order valence-corrected chi connectivity index (χ2v) is 6.84. The Labute approximate surface area is 156 Å². The first-order valence-electron chi connectivity index (χ1n) is 8.16. The van der Waals surface area contributed by atoms with Crippen molar-refractivity contribution >= 4 is 34.0 Å². The highest BCUT2D eigenvalue weighted by Gasteiger charge is 2.20. The summed E-state index contributed by atoms with van der Waals surface area (Å²) in [4.78, 5) is 0. The van der Waals surface area contributed by atoms with Gasteiger partial charge in [0.05, 0.1) is 0 Å². The fourth-order valence-electron chi connectivity index (χ4n) is 3.04. The summed E-state index contributed by atoms with van der Waals surface area (Å²) < 4.78 is 3.96. The Morgan fingerprint density at radius 3 is 2.28 bits per heavy atom. The summed E-state index contributed by atoms with van der Waals surface area (Å²) in [6.07, 6.45) is 1.98. The average Bonchev–Trinajstić information content (AvgIpc) is 2.90. The molecule has 0 aliphatic carbocycles. The molecule has 0 fully saturated rings. The highest BCUT2D eigenvalue weighted by atomic mass is 35.5. The first kappa shape index (κ1) is 16.2. The van der Waals surface area contributed by atoms with E-state index in [1.165, 1.54) is 21.9 Å². The monoisotopic (exact) mass is 367 g/mol. The minimum absolute atomic E-state index is 0.561. The summed E-state index contributed by atoms with van der Waals surface area (Å²) in [7, 11) is 0. The number of hydrogen-bond acceptors (Lipinski definition) is 0. The molecule has 4 aromatic rings. The third-order valence-corrected chi connectivity index (χ3v) is 5.20. The molecule has 0 aliphatic rings. The van der Waals surface area contributed by atoms with Crippen LogP contribution < -0.4 is 4.57 Å². The number of benzene rings is 3. The third-order valence-electron chi connectivity index (χ3n) is 4.32. The van der Waals surface area contributed by atoms with Gasteiger partial charge in [-0.25, -0.2) is 9.13 Å². The normalized spacial score (nSPS) is 11.1. The van der Waals surface area contributed by atoms with E-state index in [4.69, 9.17) is 23.2 Å². The molecule has 1 aromatic heterocycles. The number of rotatable bonds is 4. The zero-order valence-corrected chi connectivity index (χ0v) is 15.1. The molecule has 0 radical (unpaired) electrons. The van der Waals surface area contributed by atoms with Gasteiger partial charge in [0.15, 0.2) is 0 Å². The number of nitrogens with zero attached hydrogens (tertiary/aromatic N) is 2. The van der Waals surface area contributed by atoms with Crippen molar-refractivity contribution in [3.63, 3.8) is 0 Å². The molecule has 124 valence electrons. The van der Waals surface area contributed by atoms with Crippen LogP contribution in [0, 0.1) is 0 Å². The van der Waals surface area contributed by atoms with Crippen molar-refractivity contribution in [1.82, 2.24) is 4.57 Å². The maximum atomic E-state index is 6.46. The van der Waals surface area contributed by atoms with Gasteiger partial charge in [-0.05, 0) is 51.2 Å². The number of fused-ring (bicyclic) bond motifs is 1. The van der Waals surface area contributed by atoms with Crippen molar-refractivity contribution in [3.8, 4) is 0 Å². The van der Waals surface area contributed by atoms with E-state index < -0.39 is 0 Å². The Morgan fingerprint density at radius 2 is 1.48 bits per heavy atom.